The van der Waals surface area contributed by atoms with E-state index in [2.05, 4.69) is 10.6 Å². The number of carbonyl (C=O) groups is 4. The van der Waals surface area contributed by atoms with E-state index in [1.165, 1.54) is 0 Å². The lowest BCUT2D eigenvalue weighted by Crippen LogP contribution is -2.57. The zero-order valence-electron chi connectivity index (χ0n) is 39.1. The van der Waals surface area contributed by atoms with Crippen LogP contribution in [0.3, 0.4) is 0 Å². The number of hydrogen-bond acceptors (Lipinski definition) is 14. The lowest BCUT2D eigenvalue weighted by atomic mass is 9.99. The van der Waals surface area contributed by atoms with Crippen LogP contribution < -0.4 is 22.1 Å². The molecular formula is C52H66N4O12. The molecular weight excluding hydrogens is 873 g/mol. The molecule has 8 N–H and O–H groups in total. The van der Waals surface area contributed by atoms with Crippen molar-refractivity contribution in [3.63, 3.8) is 0 Å². The lowest BCUT2D eigenvalue weighted by Gasteiger charge is -2.33. The molecule has 4 aromatic carbocycles. The number of nitrogens with two attached hydrogens (primary N) is 2. The summed E-state index contributed by atoms with van der Waals surface area (Å²) in [5, 5.41) is 30.2. The molecule has 0 saturated heterocycles. The first-order chi connectivity index (χ1) is 32.8. The normalized spacial score (nSPS) is 20.9. The molecule has 12 atom stereocenters. The summed E-state index contributed by atoms with van der Waals surface area (Å²) in [6.45, 7) is 6.41. The Kier molecular flexibility index (Phi) is 19.2. The minimum atomic E-state index is -2.04. The summed E-state index contributed by atoms with van der Waals surface area (Å²) < 4.78 is 35.3. The van der Waals surface area contributed by atoms with Gasteiger partial charge in [-0.05, 0) is 45.2 Å². The topological polar surface area (TPSA) is 240 Å². The van der Waals surface area contributed by atoms with E-state index < -0.39 is 98.1 Å². The molecule has 6 rings (SSSR count). The third-order valence-electron chi connectivity index (χ3n) is 13.0. The van der Waals surface area contributed by atoms with Crippen LogP contribution in [0.15, 0.2) is 109 Å². The largest absolute Gasteiger partial charge is 0.437 e. The third kappa shape index (κ3) is 13.4. The highest BCUT2D eigenvalue weighted by Gasteiger charge is 2.45. The van der Waals surface area contributed by atoms with Crippen LogP contribution in [-0.2, 0) is 73.7 Å². The van der Waals surface area contributed by atoms with Crippen molar-refractivity contribution in [2.75, 3.05) is 13.6 Å². The average molecular weight is 939 g/mol. The van der Waals surface area contributed by atoms with Crippen molar-refractivity contribution >= 4 is 23.8 Å². The van der Waals surface area contributed by atoms with Gasteiger partial charge in [-0.25, -0.2) is 0 Å². The number of benzene rings is 4. The van der Waals surface area contributed by atoms with E-state index in [9.17, 15) is 29.4 Å². The van der Waals surface area contributed by atoms with Gasteiger partial charge in [-0.1, -0.05) is 150 Å². The highest BCUT2D eigenvalue weighted by molar-refractivity contribution is 5.84. The Morgan fingerprint density at radius 2 is 0.926 bits per heavy atom. The summed E-state index contributed by atoms with van der Waals surface area (Å²) in [5.41, 5.74) is 16.7. The standard InChI is InChI=1S/C52H66N4O12/c1-5-31(3)41(53)51(61)67-29-65-39-25-35-21-13-15-23-37(35)43(39)55-49(59)47(63-27-33-17-9-7-10-18-33)45(57)46(58)48(64-28-34-19-11-8-12-20-34)50(60)56-44-38-24-16-14-22-36(38)26-40(44)66-30-68-52(62)42(54)32(4)6-2/h7-24,31-32,39-48,57-58H,5-6,25-30,53-54H2,1-4H3,(H,55,59)(H,56,60)/t31-,32-,39+,40+,41-,42-,43-,44-,45+,46+,47+,48+/m0/s1. The predicted octanol–water partition coefficient (Wildman–Crippen LogP) is 4.22. The molecule has 0 spiro atoms. The van der Waals surface area contributed by atoms with Crippen molar-refractivity contribution in [2.24, 2.45) is 23.3 Å². The SMILES string of the molecule is CC[C@H](C)[C@H](N)C(=O)OCO[C@@H]1Cc2ccccc2[C@@H]1NC(=O)[C@H](OCc1ccccc1)[C@H](O)[C@@H](O)[C@@H](OCc1ccccc1)C(=O)N[C@H]1c2ccccc2C[C@H]1OCOC(=O)[C@@H](N)[C@@H](C)CC. The number of rotatable bonds is 25. The molecule has 4 aromatic rings. The number of ether oxygens (including phenoxy) is 6. The molecule has 0 aromatic heterocycles. The van der Waals surface area contributed by atoms with Crippen LogP contribution in [0.25, 0.3) is 0 Å². The van der Waals surface area contributed by atoms with Crippen LogP contribution in [0, 0.1) is 11.8 Å². The zero-order chi connectivity index (χ0) is 48.7. The molecule has 0 radical (unpaired) electrons. The highest BCUT2D eigenvalue weighted by atomic mass is 16.7. The molecule has 68 heavy (non-hydrogen) atoms. The maximum atomic E-state index is 14.6. The van der Waals surface area contributed by atoms with Gasteiger partial charge in [0.1, 0.15) is 24.3 Å². The van der Waals surface area contributed by atoms with Crippen LogP contribution in [-0.4, -0.2) is 96.3 Å². The van der Waals surface area contributed by atoms with E-state index in [1.54, 1.807) is 48.5 Å². The van der Waals surface area contributed by atoms with Crippen molar-refractivity contribution < 1.29 is 57.8 Å². The van der Waals surface area contributed by atoms with Gasteiger partial charge in [0, 0.05) is 12.8 Å². The Morgan fingerprint density at radius 1 is 0.574 bits per heavy atom. The Morgan fingerprint density at radius 3 is 1.29 bits per heavy atom. The molecule has 0 unspecified atom stereocenters. The molecule has 2 aliphatic rings. The molecule has 366 valence electrons. The fraction of sp³-hybridized carbons (Fsp3) is 0.462. The summed E-state index contributed by atoms with van der Waals surface area (Å²) in [6.07, 6.45) is -6.95. The third-order valence-corrected chi connectivity index (χ3v) is 13.0. The molecule has 0 bridgehead atoms. The van der Waals surface area contributed by atoms with Crippen LogP contribution in [0.4, 0.5) is 0 Å². The minimum Gasteiger partial charge on any atom is -0.437 e. The number of nitrogens with one attached hydrogen (secondary N) is 2. The first-order valence-electron chi connectivity index (χ1n) is 23.3. The molecule has 16 nitrogen and oxygen atoms in total. The van der Waals surface area contributed by atoms with E-state index in [1.807, 2.05) is 88.4 Å². The summed E-state index contributed by atoms with van der Waals surface area (Å²) in [6, 6.07) is 29.5. The van der Waals surface area contributed by atoms with Crippen molar-refractivity contribution in [2.45, 2.75) is 127 Å². The first-order valence-corrected chi connectivity index (χ1v) is 23.3. The van der Waals surface area contributed by atoms with Gasteiger partial charge in [-0.2, -0.15) is 0 Å². The van der Waals surface area contributed by atoms with Gasteiger partial charge in [0.05, 0.1) is 37.5 Å². The van der Waals surface area contributed by atoms with E-state index in [4.69, 9.17) is 39.9 Å². The number of aliphatic hydroxyl groups excluding tert-OH is 2. The molecule has 0 heterocycles. The van der Waals surface area contributed by atoms with E-state index in [0.717, 1.165) is 22.3 Å². The Labute approximate surface area is 398 Å². The maximum Gasteiger partial charge on any atom is 0.325 e. The van der Waals surface area contributed by atoms with Gasteiger partial charge < -0.3 is 60.7 Å². The lowest BCUT2D eigenvalue weighted by molar-refractivity contribution is -0.174. The van der Waals surface area contributed by atoms with E-state index in [0.29, 0.717) is 36.8 Å². The molecule has 0 aliphatic heterocycles. The van der Waals surface area contributed by atoms with Gasteiger partial charge in [-0.15, -0.1) is 0 Å². The second-order valence-electron chi connectivity index (χ2n) is 17.6. The number of carbonyl (C=O) groups excluding carboxylic acids is 4. The van der Waals surface area contributed by atoms with Gasteiger partial charge >= 0.3 is 11.9 Å². The minimum absolute atomic E-state index is 0.109. The van der Waals surface area contributed by atoms with Gasteiger partial charge in [0.15, 0.2) is 25.8 Å². The van der Waals surface area contributed by atoms with E-state index in [-0.39, 0.29) is 25.0 Å². The molecule has 0 fully saturated rings. The van der Waals surface area contributed by atoms with Crippen LogP contribution in [0.1, 0.15) is 86.0 Å². The summed E-state index contributed by atoms with van der Waals surface area (Å²) in [4.78, 5) is 54.6. The summed E-state index contributed by atoms with van der Waals surface area (Å²) >= 11 is 0. The zero-order valence-corrected chi connectivity index (χ0v) is 39.1. The fourth-order valence-electron chi connectivity index (χ4n) is 8.30. The van der Waals surface area contributed by atoms with Gasteiger partial charge in [-0.3, -0.25) is 19.2 Å². The monoisotopic (exact) mass is 938 g/mol. The number of hydrogen-bond donors (Lipinski definition) is 6. The van der Waals surface area contributed by atoms with Crippen LogP contribution in [0.5, 0.6) is 0 Å². The molecule has 2 aliphatic carbocycles. The van der Waals surface area contributed by atoms with Crippen molar-refractivity contribution in [3.8, 4) is 0 Å². The average Bonchev–Trinajstić information content (AvgIpc) is 3.89. The molecule has 16 heteroatoms. The second kappa shape index (κ2) is 25.2. The predicted molar refractivity (Wildman–Crippen MR) is 251 cm³/mol. The first kappa shape index (κ1) is 51.8. The maximum absolute atomic E-state index is 14.6. The van der Waals surface area contributed by atoms with Crippen molar-refractivity contribution in [1.29, 1.82) is 0 Å². The Bertz CT molecular complexity index is 2090. The molecule has 0 saturated carbocycles. The number of amides is 2. The quantitative estimate of drug-likeness (QED) is 0.0403. The van der Waals surface area contributed by atoms with Crippen molar-refractivity contribution in [3.05, 3.63) is 143 Å². The molecule has 2 amide bonds. The fourth-order valence-corrected chi connectivity index (χ4v) is 8.30. The Balaban J connectivity index is 1.24. The highest BCUT2D eigenvalue weighted by Crippen LogP contribution is 2.35. The number of fused-ring (bicyclic) bond motifs is 2. The van der Waals surface area contributed by atoms with Crippen LogP contribution in [0.2, 0.25) is 0 Å². The summed E-state index contributed by atoms with van der Waals surface area (Å²) in [5.74, 6) is -3.08. The number of esters is 2. The van der Waals surface area contributed by atoms with Crippen molar-refractivity contribution in [1.82, 2.24) is 10.6 Å². The van der Waals surface area contributed by atoms with Crippen LogP contribution >= 0.6 is 0 Å². The number of aliphatic hydroxyl groups is 2. The second-order valence-corrected chi connectivity index (χ2v) is 17.6. The van der Waals surface area contributed by atoms with Gasteiger partial charge in [0.2, 0.25) is 0 Å². The Hall–Kier alpha value is -5.56. The van der Waals surface area contributed by atoms with Gasteiger partial charge in [0.25, 0.3) is 11.8 Å². The van der Waals surface area contributed by atoms with E-state index >= 15 is 0 Å². The summed E-state index contributed by atoms with van der Waals surface area (Å²) in [7, 11) is 0. The smallest absolute Gasteiger partial charge is 0.325 e.